The minimum atomic E-state index is -4.28. The molecule has 1 aliphatic carbocycles. The highest BCUT2D eigenvalue weighted by Gasteiger charge is 2.45. The largest absolute Gasteiger partial charge is 0.398 e. The van der Waals surface area contributed by atoms with E-state index in [-0.39, 0.29) is 30.0 Å². The summed E-state index contributed by atoms with van der Waals surface area (Å²) in [6.45, 7) is 0.903. The summed E-state index contributed by atoms with van der Waals surface area (Å²) in [5, 5.41) is 11.1. The molecule has 140 valence electrons. The Labute approximate surface area is 148 Å². The molecule has 1 fully saturated rings. The number of nitrogens with zero attached hydrogens (tertiary/aromatic N) is 3. The molecule has 4 nitrogen and oxygen atoms in total. The third-order valence-electron chi connectivity index (χ3n) is 5.47. The summed E-state index contributed by atoms with van der Waals surface area (Å²) in [5.74, 6) is -0.940. The Balaban J connectivity index is 1.36. The molecule has 0 radical (unpaired) electrons. The van der Waals surface area contributed by atoms with E-state index in [1.54, 1.807) is 10.6 Å². The Morgan fingerprint density at radius 3 is 2.65 bits per heavy atom. The van der Waals surface area contributed by atoms with Gasteiger partial charge in [0.15, 0.2) is 0 Å². The Morgan fingerprint density at radius 1 is 1.15 bits per heavy atom. The number of alkyl halides is 3. The molecular formula is C18H20F4N4. The molecule has 2 aromatic rings. The maximum atomic E-state index is 13.8. The second kappa shape index (κ2) is 6.64. The van der Waals surface area contributed by atoms with Crippen molar-refractivity contribution in [2.24, 2.45) is 0 Å². The average Bonchev–Trinajstić information content (AvgIpc) is 2.97. The van der Waals surface area contributed by atoms with E-state index < -0.39 is 12.1 Å². The van der Waals surface area contributed by atoms with Crippen LogP contribution in [0.25, 0.3) is 0 Å². The van der Waals surface area contributed by atoms with E-state index in [1.165, 1.54) is 6.07 Å². The predicted octanol–water partition coefficient (Wildman–Crippen LogP) is 3.89. The third-order valence-corrected chi connectivity index (χ3v) is 5.47. The SMILES string of the molecule is Fc1ccccc1C1CC(NCc2nnc3n2CCCC3C(F)(F)F)C1. The van der Waals surface area contributed by atoms with Crippen molar-refractivity contribution in [2.75, 3.05) is 0 Å². The van der Waals surface area contributed by atoms with Crippen LogP contribution >= 0.6 is 0 Å². The molecule has 4 rings (SSSR count). The summed E-state index contributed by atoms with van der Waals surface area (Å²) in [7, 11) is 0. The molecule has 0 bridgehead atoms. The zero-order valence-electron chi connectivity index (χ0n) is 14.1. The number of rotatable bonds is 4. The Bertz CT molecular complexity index is 780. The molecule has 26 heavy (non-hydrogen) atoms. The molecule has 1 atom stereocenters. The van der Waals surface area contributed by atoms with Gasteiger partial charge in [-0.05, 0) is 43.2 Å². The van der Waals surface area contributed by atoms with Crippen LogP contribution in [0.3, 0.4) is 0 Å². The average molecular weight is 368 g/mol. The van der Waals surface area contributed by atoms with E-state index in [1.807, 2.05) is 12.1 Å². The van der Waals surface area contributed by atoms with Crippen LogP contribution in [0.1, 0.15) is 54.7 Å². The van der Waals surface area contributed by atoms with Crippen LogP contribution in [0.4, 0.5) is 17.6 Å². The van der Waals surface area contributed by atoms with Crippen molar-refractivity contribution in [3.8, 4) is 0 Å². The van der Waals surface area contributed by atoms with Gasteiger partial charge in [-0.1, -0.05) is 18.2 Å². The Hall–Kier alpha value is -1.96. The first-order valence-corrected chi connectivity index (χ1v) is 8.90. The lowest BCUT2D eigenvalue weighted by molar-refractivity contribution is -0.156. The Kier molecular flexibility index (Phi) is 4.46. The molecule has 2 aliphatic rings. The van der Waals surface area contributed by atoms with Crippen LogP contribution in [0.5, 0.6) is 0 Å². The lowest BCUT2D eigenvalue weighted by atomic mass is 9.75. The number of hydrogen-bond donors (Lipinski definition) is 1. The van der Waals surface area contributed by atoms with Crippen molar-refractivity contribution in [3.05, 3.63) is 47.3 Å². The molecule has 1 unspecified atom stereocenters. The maximum absolute atomic E-state index is 13.8. The highest BCUT2D eigenvalue weighted by atomic mass is 19.4. The quantitative estimate of drug-likeness (QED) is 0.833. The van der Waals surface area contributed by atoms with E-state index in [2.05, 4.69) is 15.5 Å². The summed E-state index contributed by atoms with van der Waals surface area (Å²) in [4.78, 5) is 0. The van der Waals surface area contributed by atoms with Gasteiger partial charge in [0, 0.05) is 12.6 Å². The molecular weight excluding hydrogens is 348 g/mol. The lowest BCUT2D eigenvalue weighted by Gasteiger charge is -2.36. The van der Waals surface area contributed by atoms with Crippen LogP contribution in [0, 0.1) is 5.82 Å². The van der Waals surface area contributed by atoms with Gasteiger partial charge in [0.1, 0.15) is 23.4 Å². The smallest absolute Gasteiger partial charge is 0.313 e. The second-order valence-corrected chi connectivity index (χ2v) is 7.13. The first-order chi connectivity index (χ1) is 12.4. The minimum absolute atomic E-state index is 0.0263. The van der Waals surface area contributed by atoms with Gasteiger partial charge >= 0.3 is 6.18 Å². The van der Waals surface area contributed by atoms with E-state index >= 15 is 0 Å². The molecule has 1 aromatic heterocycles. The van der Waals surface area contributed by atoms with Gasteiger partial charge in [0.05, 0.1) is 6.54 Å². The van der Waals surface area contributed by atoms with Gasteiger partial charge in [0.25, 0.3) is 0 Å². The van der Waals surface area contributed by atoms with E-state index in [0.29, 0.717) is 25.3 Å². The van der Waals surface area contributed by atoms with Gasteiger partial charge in [0.2, 0.25) is 0 Å². The zero-order valence-corrected chi connectivity index (χ0v) is 14.1. The molecule has 1 saturated carbocycles. The summed E-state index contributed by atoms with van der Waals surface area (Å²) in [5.41, 5.74) is 0.735. The van der Waals surface area contributed by atoms with Gasteiger partial charge in [-0.15, -0.1) is 10.2 Å². The van der Waals surface area contributed by atoms with Gasteiger partial charge < -0.3 is 9.88 Å². The van der Waals surface area contributed by atoms with Crippen molar-refractivity contribution in [2.45, 2.75) is 62.8 Å². The number of nitrogens with one attached hydrogen (secondary N) is 1. The fourth-order valence-electron chi connectivity index (χ4n) is 3.95. The third kappa shape index (κ3) is 3.22. The molecule has 0 saturated heterocycles. The van der Waals surface area contributed by atoms with Crippen molar-refractivity contribution in [1.82, 2.24) is 20.1 Å². The van der Waals surface area contributed by atoms with Crippen molar-refractivity contribution in [3.63, 3.8) is 0 Å². The summed E-state index contributed by atoms with van der Waals surface area (Å²) >= 11 is 0. The van der Waals surface area contributed by atoms with Gasteiger partial charge in [-0.25, -0.2) is 4.39 Å². The summed E-state index contributed by atoms with van der Waals surface area (Å²) in [6.07, 6.45) is -2.11. The number of hydrogen-bond acceptors (Lipinski definition) is 3. The maximum Gasteiger partial charge on any atom is 0.398 e. The number of fused-ring (bicyclic) bond motifs is 1. The fourth-order valence-corrected chi connectivity index (χ4v) is 3.95. The molecule has 1 N–H and O–H groups in total. The topological polar surface area (TPSA) is 42.7 Å². The molecule has 8 heteroatoms. The van der Waals surface area contributed by atoms with E-state index in [9.17, 15) is 17.6 Å². The number of aromatic nitrogens is 3. The molecule has 0 amide bonds. The van der Waals surface area contributed by atoms with Crippen molar-refractivity contribution in [1.29, 1.82) is 0 Å². The molecule has 1 aliphatic heterocycles. The molecule has 0 spiro atoms. The van der Waals surface area contributed by atoms with Crippen LogP contribution < -0.4 is 5.32 Å². The predicted molar refractivity (Wildman–Crippen MR) is 87.1 cm³/mol. The van der Waals surface area contributed by atoms with Crippen molar-refractivity contribution >= 4 is 0 Å². The Morgan fingerprint density at radius 2 is 1.92 bits per heavy atom. The van der Waals surface area contributed by atoms with Gasteiger partial charge in [-0.2, -0.15) is 13.2 Å². The molecule has 1 aromatic carbocycles. The highest BCUT2D eigenvalue weighted by molar-refractivity contribution is 5.24. The van der Waals surface area contributed by atoms with Crippen LogP contribution in [0.15, 0.2) is 24.3 Å². The van der Waals surface area contributed by atoms with Crippen molar-refractivity contribution < 1.29 is 17.6 Å². The summed E-state index contributed by atoms with van der Waals surface area (Å²) in [6, 6.07) is 7.00. The van der Waals surface area contributed by atoms with Crippen LogP contribution in [0.2, 0.25) is 0 Å². The highest BCUT2D eigenvalue weighted by Crippen LogP contribution is 2.40. The van der Waals surface area contributed by atoms with Crippen LogP contribution in [-0.4, -0.2) is 27.0 Å². The fraction of sp³-hybridized carbons (Fsp3) is 0.556. The standard InChI is InChI=1S/C18H20F4N4/c19-15-6-2-1-4-13(15)11-8-12(9-11)23-10-16-24-25-17-14(18(20,21)22)5-3-7-26(16)17/h1-2,4,6,11-12,14,23H,3,5,7-10H2. The summed E-state index contributed by atoms with van der Waals surface area (Å²) < 4.78 is 54.7. The number of halogens is 4. The molecule has 2 heterocycles. The monoisotopic (exact) mass is 368 g/mol. The minimum Gasteiger partial charge on any atom is -0.313 e. The van der Waals surface area contributed by atoms with Gasteiger partial charge in [-0.3, -0.25) is 0 Å². The second-order valence-electron chi connectivity index (χ2n) is 7.13. The first-order valence-electron chi connectivity index (χ1n) is 8.90. The van der Waals surface area contributed by atoms with Crippen LogP contribution in [-0.2, 0) is 13.1 Å². The van der Waals surface area contributed by atoms with E-state index in [4.69, 9.17) is 0 Å². The zero-order chi connectivity index (χ0) is 18.3. The number of benzene rings is 1. The normalized spacial score (nSPS) is 25.6. The first kappa shape index (κ1) is 17.5. The lowest BCUT2D eigenvalue weighted by Crippen LogP contribution is -2.40. The van der Waals surface area contributed by atoms with E-state index in [0.717, 1.165) is 18.4 Å².